The predicted molar refractivity (Wildman–Crippen MR) is 127 cm³/mol. The number of hydrogen-bond acceptors (Lipinski definition) is 5. The Bertz CT molecular complexity index is 1130. The number of nitrogens with one attached hydrogen (secondary N) is 1. The first-order valence-electron chi connectivity index (χ1n) is 10.0. The molecule has 0 spiro atoms. The summed E-state index contributed by atoms with van der Waals surface area (Å²) >= 11 is 1.39. The number of rotatable bonds is 10. The molecule has 0 unspecified atom stereocenters. The van der Waals surface area contributed by atoms with E-state index in [1.807, 2.05) is 49.4 Å². The number of ether oxygens (including phenoxy) is 1. The van der Waals surface area contributed by atoms with Gasteiger partial charge in [0.1, 0.15) is 11.8 Å². The van der Waals surface area contributed by atoms with E-state index in [9.17, 15) is 18.3 Å². The lowest BCUT2D eigenvalue weighted by atomic mass is 10.1. The summed E-state index contributed by atoms with van der Waals surface area (Å²) in [7, 11) is -2.46. The fraction of sp³-hybridized carbons (Fsp3) is 0.208. The van der Waals surface area contributed by atoms with Gasteiger partial charge in [-0.2, -0.15) is 16.5 Å². The molecule has 0 aliphatic carbocycles. The third kappa shape index (κ3) is 5.70. The summed E-state index contributed by atoms with van der Waals surface area (Å²) in [5.41, 5.74) is 2.50. The number of aliphatic carboxylic acids is 1. The van der Waals surface area contributed by atoms with Gasteiger partial charge in [0.05, 0.1) is 17.3 Å². The third-order valence-electron chi connectivity index (χ3n) is 4.91. The number of methoxy groups -OCH3 is 1. The van der Waals surface area contributed by atoms with Crippen molar-refractivity contribution in [2.24, 2.45) is 0 Å². The van der Waals surface area contributed by atoms with Crippen molar-refractivity contribution in [3.8, 4) is 16.9 Å². The van der Waals surface area contributed by atoms with Crippen molar-refractivity contribution < 1.29 is 23.1 Å². The lowest BCUT2D eigenvalue weighted by Gasteiger charge is -2.24. The molecular weight excluding hydrogens is 446 g/mol. The minimum atomic E-state index is -4.05. The first-order chi connectivity index (χ1) is 15.4. The van der Waals surface area contributed by atoms with Crippen LogP contribution in [0.25, 0.3) is 11.1 Å². The van der Waals surface area contributed by atoms with Gasteiger partial charge in [-0.1, -0.05) is 61.5 Å². The number of sulfonamides is 1. The third-order valence-corrected chi connectivity index (χ3v) is 7.61. The van der Waals surface area contributed by atoms with Crippen LogP contribution in [0, 0.1) is 0 Å². The van der Waals surface area contributed by atoms with E-state index in [1.165, 1.54) is 23.9 Å². The standard InChI is InChI=1S/C24H25NO5S2/c1-3-31-23(19-7-5-4-6-8-19)22(24(26)27)25-32(28,29)21-15-11-18(12-16-21)17-9-13-20(30-2)14-10-17/h4-16,22-23,25H,3H2,1-2H3,(H,26,27)/t22-,23-/m1/s1. The monoisotopic (exact) mass is 471 g/mol. The smallest absolute Gasteiger partial charge is 0.323 e. The van der Waals surface area contributed by atoms with E-state index in [2.05, 4.69) is 4.72 Å². The molecular formula is C24H25NO5S2. The van der Waals surface area contributed by atoms with Gasteiger partial charge in [-0.15, -0.1) is 0 Å². The number of thioether (sulfide) groups is 1. The Morgan fingerprint density at radius 2 is 1.53 bits per heavy atom. The molecule has 0 saturated heterocycles. The molecule has 0 radical (unpaired) electrons. The van der Waals surface area contributed by atoms with Crippen molar-refractivity contribution in [3.05, 3.63) is 84.4 Å². The number of hydrogen-bond donors (Lipinski definition) is 2. The van der Waals surface area contributed by atoms with Crippen LogP contribution in [0.4, 0.5) is 0 Å². The Labute approximate surface area is 192 Å². The minimum Gasteiger partial charge on any atom is -0.497 e. The normalized spacial score (nSPS) is 13.3. The molecule has 0 aromatic heterocycles. The van der Waals surface area contributed by atoms with Crippen LogP contribution >= 0.6 is 11.8 Å². The van der Waals surface area contributed by atoms with Gasteiger partial charge in [0, 0.05) is 0 Å². The summed E-state index contributed by atoms with van der Waals surface area (Å²) in [6, 6.07) is 21.5. The first kappa shape index (κ1) is 23.8. The van der Waals surface area contributed by atoms with E-state index in [0.717, 1.165) is 22.4 Å². The van der Waals surface area contributed by atoms with Gasteiger partial charge in [0.15, 0.2) is 0 Å². The maximum atomic E-state index is 13.0. The molecule has 2 N–H and O–H groups in total. The molecule has 3 rings (SSSR count). The van der Waals surface area contributed by atoms with Crippen LogP contribution in [0.2, 0.25) is 0 Å². The van der Waals surface area contributed by atoms with E-state index in [1.54, 1.807) is 31.4 Å². The summed E-state index contributed by atoms with van der Waals surface area (Å²) in [6.45, 7) is 1.91. The summed E-state index contributed by atoms with van der Waals surface area (Å²) in [4.78, 5) is 12.0. The van der Waals surface area contributed by atoms with Crippen molar-refractivity contribution in [2.45, 2.75) is 23.1 Å². The highest BCUT2D eigenvalue weighted by Crippen LogP contribution is 2.33. The number of carboxylic acids is 1. The molecule has 2 atom stereocenters. The largest absolute Gasteiger partial charge is 0.497 e. The van der Waals surface area contributed by atoms with Gasteiger partial charge >= 0.3 is 5.97 Å². The Kier molecular flexibility index (Phi) is 7.95. The summed E-state index contributed by atoms with van der Waals surface area (Å²) in [5.74, 6) is 0.148. The quantitative estimate of drug-likeness (QED) is 0.449. The number of carbonyl (C=O) groups is 1. The lowest BCUT2D eigenvalue weighted by Crippen LogP contribution is -2.44. The van der Waals surface area contributed by atoms with E-state index >= 15 is 0 Å². The number of benzene rings is 3. The van der Waals surface area contributed by atoms with Crippen LogP contribution in [-0.2, 0) is 14.8 Å². The van der Waals surface area contributed by atoms with Gasteiger partial charge in [0.2, 0.25) is 10.0 Å². The zero-order valence-corrected chi connectivity index (χ0v) is 19.4. The Hall–Kier alpha value is -2.81. The average molecular weight is 472 g/mol. The first-order valence-corrected chi connectivity index (χ1v) is 12.5. The van der Waals surface area contributed by atoms with Crippen molar-refractivity contribution in [1.82, 2.24) is 4.72 Å². The molecule has 0 amide bonds. The van der Waals surface area contributed by atoms with Crippen molar-refractivity contribution in [3.63, 3.8) is 0 Å². The fourth-order valence-electron chi connectivity index (χ4n) is 3.29. The second kappa shape index (κ2) is 10.7. The second-order valence-electron chi connectivity index (χ2n) is 6.98. The summed E-state index contributed by atoms with van der Waals surface area (Å²) < 4.78 is 33.6. The predicted octanol–water partition coefficient (Wildman–Crippen LogP) is 4.59. The highest BCUT2D eigenvalue weighted by Gasteiger charge is 2.34. The van der Waals surface area contributed by atoms with E-state index < -0.39 is 27.3 Å². The molecule has 3 aromatic rings. The molecule has 0 fully saturated rings. The van der Waals surface area contributed by atoms with Gasteiger partial charge in [0.25, 0.3) is 0 Å². The number of carboxylic acid groups (broad SMARTS) is 1. The molecule has 0 heterocycles. The summed E-state index contributed by atoms with van der Waals surface area (Å²) in [6.07, 6.45) is 0. The van der Waals surface area contributed by atoms with Crippen LogP contribution in [0.1, 0.15) is 17.7 Å². The Balaban J connectivity index is 1.85. The topological polar surface area (TPSA) is 92.7 Å². The van der Waals surface area contributed by atoms with Gasteiger partial charge in [-0.05, 0) is 46.7 Å². The molecule has 8 heteroatoms. The maximum absolute atomic E-state index is 13.0. The molecule has 0 saturated carbocycles. The van der Waals surface area contributed by atoms with E-state index in [-0.39, 0.29) is 4.90 Å². The molecule has 0 aliphatic rings. The summed E-state index contributed by atoms with van der Waals surface area (Å²) in [5, 5.41) is 9.26. The van der Waals surface area contributed by atoms with Crippen molar-refractivity contribution in [1.29, 1.82) is 0 Å². The van der Waals surface area contributed by atoms with Crippen LogP contribution < -0.4 is 9.46 Å². The van der Waals surface area contributed by atoms with Crippen LogP contribution in [-0.4, -0.2) is 38.4 Å². The van der Waals surface area contributed by atoms with E-state index in [0.29, 0.717) is 5.75 Å². The fourth-order valence-corrected chi connectivity index (χ4v) is 5.67. The highest BCUT2D eigenvalue weighted by atomic mass is 32.2. The Morgan fingerprint density at radius 1 is 0.969 bits per heavy atom. The molecule has 0 aliphatic heterocycles. The van der Waals surface area contributed by atoms with Crippen LogP contribution in [0.5, 0.6) is 5.75 Å². The van der Waals surface area contributed by atoms with Crippen LogP contribution in [0.3, 0.4) is 0 Å². The zero-order chi connectivity index (χ0) is 23.1. The van der Waals surface area contributed by atoms with Crippen molar-refractivity contribution in [2.75, 3.05) is 12.9 Å². The molecule has 6 nitrogen and oxygen atoms in total. The lowest BCUT2D eigenvalue weighted by molar-refractivity contribution is -0.139. The maximum Gasteiger partial charge on any atom is 0.323 e. The SMILES string of the molecule is CCS[C@H](c1ccccc1)[C@@H](NS(=O)(=O)c1ccc(-c2ccc(OC)cc2)cc1)C(=O)O. The van der Waals surface area contributed by atoms with Crippen molar-refractivity contribution >= 4 is 27.8 Å². The highest BCUT2D eigenvalue weighted by molar-refractivity contribution is 7.99. The van der Waals surface area contributed by atoms with Crippen LogP contribution in [0.15, 0.2) is 83.8 Å². The molecule has 168 valence electrons. The van der Waals surface area contributed by atoms with Gasteiger partial charge < -0.3 is 9.84 Å². The second-order valence-corrected chi connectivity index (χ2v) is 10.1. The Morgan fingerprint density at radius 3 is 2.03 bits per heavy atom. The average Bonchev–Trinajstić information content (AvgIpc) is 2.82. The molecule has 0 bridgehead atoms. The molecule has 32 heavy (non-hydrogen) atoms. The van der Waals surface area contributed by atoms with E-state index in [4.69, 9.17) is 4.74 Å². The molecule has 3 aromatic carbocycles. The van der Waals surface area contributed by atoms with Gasteiger partial charge in [-0.25, -0.2) is 8.42 Å². The van der Waals surface area contributed by atoms with Gasteiger partial charge in [-0.3, -0.25) is 4.79 Å². The minimum absolute atomic E-state index is 0.00863. The zero-order valence-electron chi connectivity index (χ0n) is 17.8.